The van der Waals surface area contributed by atoms with Crippen LogP contribution in [0.15, 0.2) is 48.8 Å². The first kappa shape index (κ1) is 17.3. The summed E-state index contributed by atoms with van der Waals surface area (Å²) in [5.74, 6) is -0.606. The molecular weight excluding hydrogens is 342 g/mol. The van der Waals surface area contributed by atoms with Crippen molar-refractivity contribution in [1.82, 2.24) is 5.32 Å². The van der Waals surface area contributed by atoms with Crippen molar-refractivity contribution in [2.75, 3.05) is 7.11 Å². The van der Waals surface area contributed by atoms with Crippen molar-refractivity contribution in [2.24, 2.45) is 0 Å². The van der Waals surface area contributed by atoms with Gasteiger partial charge < -0.3 is 24.0 Å². The zero-order chi connectivity index (χ0) is 18.8. The molecule has 0 bridgehead atoms. The molecule has 134 valence electrons. The number of benzene rings is 1. The Kier molecular flexibility index (Phi) is 4.49. The molecule has 0 saturated carbocycles. The first-order valence-corrected chi connectivity index (χ1v) is 7.61. The SMILES string of the molecule is COc1ccc2cc(C(=O)NCc3oc(C)cc(=O)c3O)c(=O)oc2c1. The molecule has 2 aromatic heterocycles. The van der Waals surface area contributed by atoms with E-state index in [0.717, 1.165) is 6.07 Å². The molecule has 8 heteroatoms. The number of hydrogen-bond acceptors (Lipinski definition) is 7. The molecule has 8 nitrogen and oxygen atoms in total. The summed E-state index contributed by atoms with van der Waals surface area (Å²) in [6.07, 6.45) is 0. The van der Waals surface area contributed by atoms with Crippen LogP contribution < -0.4 is 21.1 Å². The summed E-state index contributed by atoms with van der Waals surface area (Å²) in [6, 6.07) is 7.38. The van der Waals surface area contributed by atoms with Gasteiger partial charge in [-0.2, -0.15) is 0 Å². The molecule has 0 aliphatic rings. The number of amides is 1. The maximum Gasteiger partial charge on any atom is 0.349 e. The Balaban J connectivity index is 1.87. The van der Waals surface area contributed by atoms with Gasteiger partial charge in [-0.05, 0) is 25.1 Å². The second-order valence-electron chi connectivity index (χ2n) is 5.53. The van der Waals surface area contributed by atoms with E-state index < -0.39 is 22.7 Å². The van der Waals surface area contributed by atoms with Crippen LogP contribution in [-0.4, -0.2) is 18.1 Å². The summed E-state index contributed by atoms with van der Waals surface area (Å²) in [5, 5.41) is 12.7. The Bertz CT molecular complexity index is 1110. The zero-order valence-electron chi connectivity index (χ0n) is 14.0. The van der Waals surface area contributed by atoms with Crippen LogP contribution >= 0.6 is 0 Å². The molecule has 0 radical (unpaired) electrons. The third-order valence-corrected chi connectivity index (χ3v) is 3.71. The maximum atomic E-state index is 12.3. The average Bonchev–Trinajstić information content (AvgIpc) is 2.62. The second kappa shape index (κ2) is 6.75. The van der Waals surface area contributed by atoms with Gasteiger partial charge in [-0.3, -0.25) is 9.59 Å². The van der Waals surface area contributed by atoms with Crippen molar-refractivity contribution in [2.45, 2.75) is 13.5 Å². The fraction of sp³-hybridized carbons (Fsp3) is 0.167. The molecule has 0 fully saturated rings. The van der Waals surface area contributed by atoms with Gasteiger partial charge in [0.2, 0.25) is 11.2 Å². The van der Waals surface area contributed by atoms with Crippen molar-refractivity contribution in [3.63, 3.8) is 0 Å². The highest BCUT2D eigenvalue weighted by molar-refractivity contribution is 5.96. The van der Waals surface area contributed by atoms with Gasteiger partial charge in [0.1, 0.15) is 22.7 Å². The molecule has 0 atom stereocenters. The van der Waals surface area contributed by atoms with Crippen LogP contribution in [0, 0.1) is 6.92 Å². The third-order valence-electron chi connectivity index (χ3n) is 3.71. The largest absolute Gasteiger partial charge is 0.502 e. The van der Waals surface area contributed by atoms with Gasteiger partial charge in [-0.15, -0.1) is 0 Å². The van der Waals surface area contributed by atoms with Crippen molar-refractivity contribution >= 4 is 16.9 Å². The molecule has 2 N–H and O–H groups in total. The molecule has 1 amide bonds. The van der Waals surface area contributed by atoms with Crippen molar-refractivity contribution < 1.29 is 23.5 Å². The van der Waals surface area contributed by atoms with E-state index in [0.29, 0.717) is 11.1 Å². The topological polar surface area (TPSA) is 119 Å². The first-order chi connectivity index (χ1) is 12.4. The zero-order valence-corrected chi connectivity index (χ0v) is 14.0. The number of aromatic hydroxyl groups is 1. The van der Waals surface area contributed by atoms with Gasteiger partial charge in [-0.25, -0.2) is 4.79 Å². The molecular formula is C18H15NO7. The highest BCUT2D eigenvalue weighted by Gasteiger charge is 2.16. The predicted octanol–water partition coefficient (Wildman–Crippen LogP) is 1.70. The monoisotopic (exact) mass is 357 g/mol. The van der Waals surface area contributed by atoms with Crippen molar-refractivity contribution in [3.05, 3.63) is 68.1 Å². The summed E-state index contributed by atoms with van der Waals surface area (Å²) in [6.45, 7) is 1.28. The lowest BCUT2D eigenvalue weighted by atomic mass is 10.1. The smallest absolute Gasteiger partial charge is 0.349 e. The van der Waals surface area contributed by atoms with Crippen LogP contribution in [0.1, 0.15) is 21.9 Å². The maximum absolute atomic E-state index is 12.3. The van der Waals surface area contributed by atoms with E-state index in [2.05, 4.69) is 5.32 Å². The number of methoxy groups -OCH3 is 1. The first-order valence-electron chi connectivity index (χ1n) is 7.61. The van der Waals surface area contributed by atoms with Crippen LogP contribution in [0.25, 0.3) is 11.0 Å². The van der Waals surface area contributed by atoms with Gasteiger partial charge in [0, 0.05) is 17.5 Å². The Morgan fingerprint density at radius 1 is 1.19 bits per heavy atom. The fourth-order valence-corrected chi connectivity index (χ4v) is 2.41. The van der Waals surface area contributed by atoms with Crippen LogP contribution in [0.4, 0.5) is 0 Å². The summed E-state index contributed by atoms with van der Waals surface area (Å²) >= 11 is 0. The highest BCUT2D eigenvalue weighted by atomic mass is 16.5. The van der Waals surface area contributed by atoms with E-state index in [4.69, 9.17) is 13.6 Å². The van der Waals surface area contributed by atoms with Crippen LogP contribution in [-0.2, 0) is 6.54 Å². The lowest BCUT2D eigenvalue weighted by molar-refractivity contribution is 0.0943. The Morgan fingerprint density at radius 2 is 1.96 bits per heavy atom. The summed E-state index contributed by atoms with van der Waals surface area (Å²) in [7, 11) is 1.49. The molecule has 0 unspecified atom stereocenters. The van der Waals surface area contributed by atoms with Gasteiger partial charge in [-0.1, -0.05) is 0 Å². The number of rotatable bonds is 4. The van der Waals surface area contributed by atoms with Crippen LogP contribution in [0.3, 0.4) is 0 Å². The molecule has 3 rings (SSSR count). The van der Waals surface area contributed by atoms with Crippen LogP contribution in [0.2, 0.25) is 0 Å². The third kappa shape index (κ3) is 3.30. The number of fused-ring (bicyclic) bond motifs is 1. The highest BCUT2D eigenvalue weighted by Crippen LogP contribution is 2.20. The predicted molar refractivity (Wildman–Crippen MR) is 91.6 cm³/mol. The van der Waals surface area contributed by atoms with E-state index in [1.165, 1.54) is 19.2 Å². The van der Waals surface area contributed by atoms with E-state index in [-0.39, 0.29) is 29.2 Å². The number of carbonyl (C=O) groups is 1. The van der Waals surface area contributed by atoms with E-state index in [1.807, 2.05) is 0 Å². The van der Waals surface area contributed by atoms with E-state index in [1.54, 1.807) is 19.1 Å². The summed E-state index contributed by atoms with van der Waals surface area (Å²) in [5.41, 5.74) is -1.36. The number of carbonyl (C=O) groups excluding carboxylic acids is 1. The Labute approximate surface area is 146 Å². The van der Waals surface area contributed by atoms with Gasteiger partial charge in [0.15, 0.2) is 5.76 Å². The number of ether oxygens (including phenoxy) is 1. The quantitative estimate of drug-likeness (QED) is 0.682. The molecule has 26 heavy (non-hydrogen) atoms. The Morgan fingerprint density at radius 3 is 2.69 bits per heavy atom. The summed E-state index contributed by atoms with van der Waals surface area (Å²) < 4.78 is 15.4. The van der Waals surface area contributed by atoms with Crippen LogP contribution in [0.5, 0.6) is 11.5 Å². The minimum absolute atomic E-state index is 0.0988. The lowest BCUT2D eigenvalue weighted by Crippen LogP contribution is -2.28. The molecule has 0 saturated heterocycles. The molecule has 0 aliphatic carbocycles. The molecule has 3 aromatic rings. The minimum Gasteiger partial charge on any atom is -0.502 e. The van der Waals surface area contributed by atoms with Gasteiger partial charge in [0.25, 0.3) is 5.91 Å². The normalized spacial score (nSPS) is 10.7. The van der Waals surface area contributed by atoms with E-state index in [9.17, 15) is 19.5 Å². The molecule has 0 aliphatic heterocycles. The molecule has 0 spiro atoms. The minimum atomic E-state index is -0.821. The molecule has 1 aromatic carbocycles. The van der Waals surface area contributed by atoms with Crippen molar-refractivity contribution in [3.8, 4) is 11.5 Å². The average molecular weight is 357 g/mol. The standard InChI is InChI=1S/C18H15NO7/c1-9-5-13(20)16(21)15(25-9)8-19-17(22)12-6-10-3-4-11(24-2)7-14(10)26-18(12)23/h3-7,21H,8H2,1-2H3,(H,19,22). The second-order valence-corrected chi connectivity index (χ2v) is 5.53. The number of nitrogens with one attached hydrogen (secondary N) is 1. The van der Waals surface area contributed by atoms with Gasteiger partial charge >= 0.3 is 5.63 Å². The van der Waals surface area contributed by atoms with Crippen molar-refractivity contribution in [1.29, 1.82) is 0 Å². The molecule has 2 heterocycles. The number of hydrogen-bond donors (Lipinski definition) is 2. The lowest BCUT2D eigenvalue weighted by Gasteiger charge is -2.07. The fourth-order valence-electron chi connectivity index (χ4n) is 2.41. The number of aryl methyl sites for hydroxylation is 1. The van der Waals surface area contributed by atoms with E-state index >= 15 is 0 Å². The summed E-state index contributed by atoms with van der Waals surface area (Å²) in [4.78, 5) is 35.9. The Hall–Kier alpha value is -3.55. The van der Waals surface area contributed by atoms with Gasteiger partial charge in [0.05, 0.1) is 13.7 Å².